The number of benzene rings is 1. The minimum absolute atomic E-state index is 0.286. The molecule has 5 nitrogen and oxygen atoms in total. The smallest absolute Gasteiger partial charge is 0.240 e. The molecule has 0 amide bonds. The third-order valence-electron chi connectivity index (χ3n) is 3.02. The van der Waals surface area contributed by atoms with Gasteiger partial charge >= 0.3 is 0 Å². The molecule has 0 radical (unpaired) electrons. The van der Waals surface area contributed by atoms with Crippen molar-refractivity contribution >= 4 is 10.0 Å². The van der Waals surface area contributed by atoms with Crippen LogP contribution in [0.5, 0.6) is 0 Å². The van der Waals surface area contributed by atoms with Crippen molar-refractivity contribution in [2.24, 2.45) is 5.73 Å². The highest BCUT2D eigenvalue weighted by Crippen LogP contribution is 2.11. The Bertz CT molecular complexity index is 501. The normalized spacial score (nSPS) is 12.0. The minimum atomic E-state index is -3.41. The van der Waals surface area contributed by atoms with E-state index in [1.807, 2.05) is 20.2 Å². The van der Waals surface area contributed by atoms with Crippen LogP contribution in [0.15, 0.2) is 29.2 Å². The maximum absolute atomic E-state index is 12.1. The fourth-order valence-corrected chi connectivity index (χ4v) is 3.00. The molecule has 0 aromatic heterocycles. The highest BCUT2D eigenvalue weighted by molar-refractivity contribution is 7.89. The molecule has 114 valence electrons. The second-order valence-electron chi connectivity index (χ2n) is 5.11. The zero-order valence-electron chi connectivity index (χ0n) is 12.3. The van der Waals surface area contributed by atoms with Crippen LogP contribution in [-0.4, -0.2) is 40.5 Å². The first-order valence-corrected chi connectivity index (χ1v) is 8.37. The Balaban J connectivity index is 2.41. The topological polar surface area (TPSA) is 75.4 Å². The first-order valence-electron chi connectivity index (χ1n) is 6.89. The van der Waals surface area contributed by atoms with Gasteiger partial charge in [0.1, 0.15) is 0 Å². The Morgan fingerprint density at radius 1 is 1.20 bits per heavy atom. The number of nitrogens with zero attached hydrogens (tertiary/aromatic N) is 1. The first kappa shape index (κ1) is 17.1. The van der Waals surface area contributed by atoms with Crippen molar-refractivity contribution < 1.29 is 8.42 Å². The third-order valence-corrected chi connectivity index (χ3v) is 4.48. The predicted octanol–water partition coefficient (Wildman–Crippen LogP) is 1.16. The SMILES string of the molecule is CN(C)CCCCCNS(=O)(=O)c1cccc(CN)c1. The molecule has 0 saturated heterocycles. The lowest BCUT2D eigenvalue weighted by atomic mass is 10.2. The van der Waals surface area contributed by atoms with Gasteiger partial charge in [-0.15, -0.1) is 0 Å². The number of unbranched alkanes of at least 4 members (excludes halogenated alkanes) is 2. The van der Waals surface area contributed by atoms with Gasteiger partial charge in [0, 0.05) is 13.1 Å². The molecule has 0 heterocycles. The van der Waals surface area contributed by atoms with E-state index >= 15 is 0 Å². The van der Waals surface area contributed by atoms with Crippen molar-refractivity contribution in [3.63, 3.8) is 0 Å². The number of nitrogens with two attached hydrogens (primary N) is 1. The average Bonchev–Trinajstić information content (AvgIpc) is 2.42. The van der Waals surface area contributed by atoms with E-state index < -0.39 is 10.0 Å². The lowest BCUT2D eigenvalue weighted by molar-refractivity contribution is 0.391. The quantitative estimate of drug-likeness (QED) is 0.671. The summed E-state index contributed by atoms with van der Waals surface area (Å²) in [6.45, 7) is 1.85. The van der Waals surface area contributed by atoms with Crippen molar-refractivity contribution in [3.8, 4) is 0 Å². The van der Waals surface area contributed by atoms with E-state index in [1.165, 1.54) is 0 Å². The van der Waals surface area contributed by atoms with Gasteiger partial charge in [0.25, 0.3) is 0 Å². The summed E-state index contributed by atoms with van der Waals surface area (Å²) in [5.41, 5.74) is 6.34. The van der Waals surface area contributed by atoms with Crippen LogP contribution in [0.4, 0.5) is 0 Å². The zero-order chi connectivity index (χ0) is 15.0. The molecule has 1 rings (SSSR count). The molecule has 0 saturated carbocycles. The van der Waals surface area contributed by atoms with Gasteiger partial charge in [-0.05, 0) is 51.2 Å². The monoisotopic (exact) mass is 299 g/mol. The highest BCUT2D eigenvalue weighted by Gasteiger charge is 2.13. The molecular formula is C14H25N3O2S. The average molecular weight is 299 g/mol. The molecular weight excluding hydrogens is 274 g/mol. The number of rotatable bonds is 9. The second-order valence-corrected chi connectivity index (χ2v) is 6.88. The molecule has 0 atom stereocenters. The Hall–Kier alpha value is -0.950. The molecule has 3 N–H and O–H groups in total. The molecule has 0 bridgehead atoms. The molecule has 1 aromatic rings. The largest absolute Gasteiger partial charge is 0.326 e. The van der Waals surface area contributed by atoms with Crippen LogP contribution >= 0.6 is 0 Å². The summed E-state index contributed by atoms with van der Waals surface area (Å²) in [5, 5.41) is 0. The van der Waals surface area contributed by atoms with Crippen LogP contribution in [0, 0.1) is 0 Å². The summed E-state index contributed by atoms with van der Waals surface area (Å²) in [6, 6.07) is 6.75. The van der Waals surface area contributed by atoms with Crippen molar-refractivity contribution in [2.75, 3.05) is 27.2 Å². The van der Waals surface area contributed by atoms with E-state index in [0.29, 0.717) is 13.1 Å². The summed E-state index contributed by atoms with van der Waals surface area (Å²) in [4.78, 5) is 2.41. The molecule has 1 aromatic carbocycles. The molecule has 0 aliphatic rings. The van der Waals surface area contributed by atoms with Crippen LogP contribution in [0.3, 0.4) is 0 Å². The van der Waals surface area contributed by atoms with Crippen molar-refractivity contribution in [1.29, 1.82) is 0 Å². The third kappa shape index (κ3) is 6.00. The molecule has 0 aliphatic carbocycles. The minimum Gasteiger partial charge on any atom is -0.326 e. The van der Waals surface area contributed by atoms with Crippen molar-refractivity contribution in [3.05, 3.63) is 29.8 Å². The van der Waals surface area contributed by atoms with Gasteiger partial charge in [0.05, 0.1) is 4.90 Å². The van der Waals surface area contributed by atoms with Gasteiger partial charge in [-0.3, -0.25) is 0 Å². The summed E-state index contributed by atoms with van der Waals surface area (Å²) < 4.78 is 26.8. The van der Waals surface area contributed by atoms with Crippen LogP contribution < -0.4 is 10.5 Å². The van der Waals surface area contributed by atoms with E-state index in [4.69, 9.17) is 5.73 Å². The Morgan fingerprint density at radius 3 is 2.60 bits per heavy atom. The zero-order valence-corrected chi connectivity index (χ0v) is 13.1. The maximum atomic E-state index is 12.1. The second kappa shape index (κ2) is 8.36. The van der Waals surface area contributed by atoms with Crippen LogP contribution in [0.1, 0.15) is 24.8 Å². The van der Waals surface area contributed by atoms with Crippen LogP contribution in [0.25, 0.3) is 0 Å². The Labute approximate surface area is 122 Å². The molecule has 0 spiro atoms. The van der Waals surface area contributed by atoms with Crippen LogP contribution in [0.2, 0.25) is 0 Å². The van der Waals surface area contributed by atoms with E-state index in [0.717, 1.165) is 31.4 Å². The number of sulfonamides is 1. The summed E-state index contributed by atoms with van der Waals surface area (Å²) in [6.07, 6.45) is 2.95. The maximum Gasteiger partial charge on any atom is 0.240 e. The summed E-state index contributed by atoms with van der Waals surface area (Å²) in [5.74, 6) is 0. The molecule has 6 heteroatoms. The molecule has 0 unspecified atom stereocenters. The number of hydrogen-bond acceptors (Lipinski definition) is 4. The molecule has 20 heavy (non-hydrogen) atoms. The lowest BCUT2D eigenvalue weighted by Gasteiger charge is -2.10. The van der Waals surface area contributed by atoms with E-state index in [-0.39, 0.29) is 4.90 Å². The summed E-state index contributed by atoms with van der Waals surface area (Å²) in [7, 11) is 0.657. The van der Waals surface area contributed by atoms with Gasteiger partial charge in [-0.2, -0.15) is 0 Å². The fraction of sp³-hybridized carbons (Fsp3) is 0.571. The van der Waals surface area contributed by atoms with E-state index in [1.54, 1.807) is 18.2 Å². The van der Waals surface area contributed by atoms with Crippen molar-refractivity contribution in [2.45, 2.75) is 30.7 Å². The number of hydrogen-bond donors (Lipinski definition) is 2. The standard InChI is InChI=1S/C14H25N3O2S/c1-17(2)10-5-3-4-9-16-20(18,19)14-8-6-7-13(11-14)12-15/h6-8,11,16H,3-5,9-10,12,15H2,1-2H3. The van der Waals surface area contributed by atoms with Gasteiger partial charge in [0.2, 0.25) is 10.0 Å². The van der Waals surface area contributed by atoms with E-state index in [9.17, 15) is 8.42 Å². The predicted molar refractivity (Wildman–Crippen MR) is 81.9 cm³/mol. The number of nitrogens with one attached hydrogen (secondary N) is 1. The Kier molecular flexibility index (Phi) is 7.15. The van der Waals surface area contributed by atoms with Gasteiger partial charge in [0.15, 0.2) is 0 Å². The van der Waals surface area contributed by atoms with Crippen molar-refractivity contribution in [1.82, 2.24) is 9.62 Å². The molecule has 0 fully saturated rings. The van der Waals surface area contributed by atoms with Gasteiger partial charge in [-0.1, -0.05) is 18.6 Å². The first-order chi connectivity index (χ1) is 9.45. The van der Waals surface area contributed by atoms with Crippen LogP contribution in [-0.2, 0) is 16.6 Å². The fourth-order valence-electron chi connectivity index (χ4n) is 1.86. The lowest BCUT2D eigenvalue weighted by Crippen LogP contribution is -2.25. The molecule has 0 aliphatic heterocycles. The van der Waals surface area contributed by atoms with Gasteiger partial charge in [-0.25, -0.2) is 13.1 Å². The van der Waals surface area contributed by atoms with Gasteiger partial charge < -0.3 is 10.6 Å². The van der Waals surface area contributed by atoms with E-state index in [2.05, 4.69) is 9.62 Å². The Morgan fingerprint density at radius 2 is 1.95 bits per heavy atom. The summed E-state index contributed by atoms with van der Waals surface area (Å²) >= 11 is 0. The highest BCUT2D eigenvalue weighted by atomic mass is 32.2.